The number of ether oxygens (including phenoxy) is 1. The Balaban J connectivity index is 1.52. The van der Waals surface area contributed by atoms with Gasteiger partial charge < -0.3 is 19.9 Å². The molecule has 1 aromatic rings. The van der Waals surface area contributed by atoms with Gasteiger partial charge in [-0.2, -0.15) is 0 Å². The Morgan fingerprint density at radius 3 is 2.77 bits per heavy atom. The van der Waals surface area contributed by atoms with Crippen molar-refractivity contribution >= 4 is 11.6 Å². The summed E-state index contributed by atoms with van der Waals surface area (Å²) in [5.41, 5.74) is 1.16. The molecule has 6 heteroatoms. The van der Waals surface area contributed by atoms with Crippen molar-refractivity contribution in [2.45, 2.75) is 30.9 Å². The molecular formula is C20H30N4O2. The number of rotatable bonds is 1. The second-order valence-electron chi connectivity index (χ2n) is 7.96. The number of amides is 1. The SMILES string of the molecule is CN1CC(C(=O)N2CCCN(C)C3(CCNCC3)C2)Oc2ccccc21. The van der Waals surface area contributed by atoms with Crippen LogP contribution in [0.5, 0.6) is 5.75 Å². The molecule has 3 aliphatic heterocycles. The van der Waals surface area contributed by atoms with Crippen LogP contribution in [0.4, 0.5) is 5.69 Å². The van der Waals surface area contributed by atoms with Gasteiger partial charge in [-0.1, -0.05) is 12.1 Å². The van der Waals surface area contributed by atoms with Crippen molar-refractivity contribution < 1.29 is 9.53 Å². The molecule has 3 aliphatic rings. The number of hydrogen-bond donors (Lipinski definition) is 1. The van der Waals surface area contributed by atoms with E-state index in [9.17, 15) is 4.79 Å². The van der Waals surface area contributed by atoms with Crippen LogP contribution in [-0.2, 0) is 4.79 Å². The van der Waals surface area contributed by atoms with E-state index in [1.165, 1.54) is 0 Å². The van der Waals surface area contributed by atoms with Crippen LogP contribution in [0.15, 0.2) is 24.3 Å². The van der Waals surface area contributed by atoms with E-state index in [1.54, 1.807) is 0 Å². The summed E-state index contributed by atoms with van der Waals surface area (Å²) in [6, 6.07) is 7.97. The summed E-state index contributed by atoms with van der Waals surface area (Å²) in [6.45, 7) is 5.36. The van der Waals surface area contributed by atoms with Crippen molar-refractivity contribution in [1.82, 2.24) is 15.1 Å². The van der Waals surface area contributed by atoms with Gasteiger partial charge in [0.2, 0.25) is 0 Å². The third-order valence-corrected chi connectivity index (χ3v) is 6.32. The predicted octanol–water partition coefficient (Wildman–Crippen LogP) is 1.17. The van der Waals surface area contributed by atoms with Gasteiger partial charge in [-0.3, -0.25) is 9.69 Å². The Hall–Kier alpha value is -1.79. The minimum Gasteiger partial charge on any atom is -0.477 e. The van der Waals surface area contributed by atoms with Gasteiger partial charge in [0.05, 0.1) is 12.2 Å². The number of fused-ring (bicyclic) bond motifs is 1. The van der Waals surface area contributed by atoms with Crippen LogP contribution in [0.25, 0.3) is 0 Å². The third kappa shape index (κ3) is 3.16. The third-order valence-electron chi connectivity index (χ3n) is 6.32. The highest BCUT2D eigenvalue weighted by atomic mass is 16.5. The van der Waals surface area contributed by atoms with Gasteiger partial charge in [0.1, 0.15) is 5.75 Å². The quantitative estimate of drug-likeness (QED) is 0.817. The van der Waals surface area contributed by atoms with Gasteiger partial charge in [-0.15, -0.1) is 0 Å². The first-order valence-electron chi connectivity index (χ1n) is 9.77. The Bertz CT molecular complexity index is 659. The highest BCUT2D eigenvalue weighted by Crippen LogP contribution is 2.33. The van der Waals surface area contributed by atoms with E-state index < -0.39 is 6.10 Å². The zero-order valence-corrected chi connectivity index (χ0v) is 15.9. The number of anilines is 1. The van der Waals surface area contributed by atoms with Crippen LogP contribution in [0.1, 0.15) is 19.3 Å². The Morgan fingerprint density at radius 1 is 1.19 bits per heavy atom. The van der Waals surface area contributed by atoms with Crippen LogP contribution in [-0.4, -0.2) is 80.7 Å². The van der Waals surface area contributed by atoms with E-state index in [2.05, 4.69) is 27.1 Å². The number of para-hydroxylation sites is 2. The molecule has 4 rings (SSSR count). The lowest BCUT2D eigenvalue weighted by Crippen LogP contribution is -2.59. The minimum atomic E-state index is -0.419. The van der Waals surface area contributed by atoms with Crippen molar-refractivity contribution in [3.8, 4) is 5.75 Å². The molecule has 1 spiro atoms. The maximum Gasteiger partial charge on any atom is 0.265 e. The average molecular weight is 358 g/mol. The lowest BCUT2D eigenvalue weighted by atomic mass is 9.86. The number of nitrogens with one attached hydrogen (secondary N) is 1. The fourth-order valence-electron chi connectivity index (χ4n) is 4.65. The maximum absolute atomic E-state index is 13.3. The number of piperidine rings is 1. The van der Waals surface area contributed by atoms with Crippen molar-refractivity contribution in [1.29, 1.82) is 0 Å². The monoisotopic (exact) mass is 358 g/mol. The molecule has 142 valence electrons. The molecule has 26 heavy (non-hydrogen) atoms. The smallest absolute Gasteiger partial charge is 0.265 e. The van der Waals surface area contributed by atoms with E-state index in [0.29, 0.717) is 6.54 Å². The molecule has 0 saturated carbocycles. The first kappa shape index (κ1) is 17.6. The molecule has 1 atom stereocenters. The average Bonchev–Trinajstić information content (AvgIpc) is 2.81. The summed E-state index contributed by atoms with van der Waals surface area (Å²) in [5, 5.41) is 3.46. The molecule has 0 bridgehead atoms. The van der Waals surface area contributed by atoms with Crippen molar-refractivity contribution in [2.24, 2.45) is 0 Å². The normalized spacial score (nSPS) is 26.2. The highest BCUT2D eigenvalue weighted by molar-refractivity contribution is 5.83. The fraction of sp³-hybridized carbons (Fsp3) is 0.650. The summed E-state index contributed by atoms with van der Waals surface area (Å²) < 4.78 is 6.10. The van der Waals surface area contributed by atoms with Crippen LogP contribution in [0.3, 0.4) is 0 Å². The molecule has 6 nitrogen and oxygen atoms in total. The van der Waals surface area contributed by atoms with Gasteiger partial charge in [-0.05, 0) is 51.5 Å². The van der Waals surface area contributed by atoms with Crippen molar-refractivity contribution in [3.05, 3.63) is 24.3 Å². The second kappa shape index (κ2) is 7.08. The Labute approximate surface area is 156 Å². The van der Waals surface area contributed by atoms with Crippen LogP contribution < -0.4 is 15.0 Å². The summed E-state index contributed by atoms with van der Waals surface area (Å²) in [7, 11) is 4.26. The number of carbonyl (C=O) groups is 1. The van der Waals surface area contributed by atoms with E-state index in [4.69, 9.17) is 4.74 Å². The number of nitrogens with zero attached hydrogens (tertiary/aromatic N) is 3. The number of benzene rings is 1. The lowest BCUT2D eigenvalue weighted by Gasteiger charge is -2.46. The van der Waals surface area contributed by atoms with E-state index >= 15 is 0 Å². The maximum atomic E-state index is 13.3. The number of carbonyl (C=O) groups excluding carboxylic acids is 1. The van der Waals surface area contributed by atoms with Crippen LogP contribution in [0.2, 0.25) is 0 Å². The summed E-state index contributed by atoms with van der Waals surface area (Å²) in [5.74, 6) is 0.947. The summed E-state index contributed by atoms with van der Waals surface area (Å²) in [6.07, 6.45) is 2.80. The predicted molar refractivity (Wildman–Crippen MR) is 103 cm³/mol. The number of hydrogen-bond acceptors (Lipinski definition) is 5. The first-order valence-corrected chi connectivity index (χ1v) is 9.77. The van der Waals surface area contributed by atoms with E-state index in [1.807, 2.05) is 31.3 Å². The molecule has 1 unspecified atom stereocenters. The summed E-state index contributed by atoms with van der Waals surface area (Å²) in [4.78, 5) is 20.0. The largest absolute Gasteiger partial charge is 0.477 e. The lowest BCUT2D eigenvalue weighted by molar-refractivity contribution is -0.140. The van der Waals surface area contributed by atoms with Gasteiger partial charge in [-0.25, -0.2) is 0 Å². The molecule has 2 saturated heterocycles. The molecule has 0 aliphatic carbocycles. The molecule has 2 fully saturated rings. The van der Waals surface area contributed by atoms with E-state index in [0.717, 1.165) is 63.4 Å². The fourth-order valence-corrected chi connectivity index (χ4v) is 4.65. The number of likely N-dealkylation sites (N-methyl/N-ethyl adjacent to an activating group) is 2. The van der Waals surface area contributed by atoms with Crippen molar-refractivity contribution in [3.63, 3.8) is 0 Å². The van der Waals surface area contributed by atoms with Gasteiger partial charge in [0.25, 0.3) is 5.91 Å². The standard InChI is InChI=1S/C20H30N4O2/c1-22-14-18(26-17-7-4-3-6-16(17)22)19(25)24-13-5-12-23(2)20(15-24)8-10-21-11-9-20/h3-4,6-7,18,21H,5,8-15H2,1-2H3. The van der Waals surface area contributed by atoms with Gasteiger partial charge in [0, 0.05) is 32.2 Å². The van der Waals surface area contributed by atoms with Crippen molar-refractivity contribution in [2.75, 3.05) is 58.3 Å². The Kier molecular flexibility index (Phi) is 4.80. The van der Waals surface area contributed by atoms with Crippen LogP contribution >= 0.6 is 0 Å². The van der Waals surface area contributed by atoms with Crippen LogP contribution in [0, 0.1) is 0 Å². The first-order chi connectivity index (χ1) is 12.6. The molecule has 0 radical (unpaired) electrons. The van der Waals surface area contributed by atoms with Gasteiger partial charge in [0.15, 0.2) is 6.10 Å². The molecular weight excluding hydrogens is 328 g/mol. The topological polar surface area (TPSA) is 48.1 Å². The Morgan fingerprint density at radius 2 is 1.96 bits per heavy atom. The highest BCUT2D eigenvalue weighted by Gasteiger charge is 2.42. The minimum absolute atomic E-state index is 0.107. The zero-order valence-electron chi connectivity index (χ0n) is 15.9. The summed E-state index contributed by atoms with van der Waals surface area (Å²) >= 11 is 0. The van der Waals surface area contributed by atoms with E-state index in [-0.39, 0.29) is 11.4 Å². The zero-order chi connectivity index (χ0) is 18.1. The second-order valence-corrected chi connectivity index (χ2v) is 7.96. The molecule has 3 heterocycles. The molecule has 1 aromatic carbocycles. The molecule has 1 N–H and O–H groups in total. The van der Waals surface area contributed by atoms with Gasteiger partial charge >= 0.3 is 0 Å². The molecule has 1 amide bonds. The molecule has 0 aromatic heterocycles.